The maximum atomic E-state index is 10.7. The summed E-state index contributed by atoms with van der Waals surface area (Å²) >= 11 is 0. The van der Waals surface area contributed by atoms with E-state index in [-0.39, 0.29) is 5.91 Å². The maximum absolute atomic E-state index is 10.7. The lowest BCUT2D eigenvalue weighted by Crippen LogP contribution is -2.32. The van der Waals surface area contributed by atoms with Gasteiger partial charge in [-0.25, -0.2) is 0 Å². The SMILES string of the molecule is CC(=O)NCCNCC(O)c1ccc2c(c1)OCCO2. The standard InChI is InChI=1S/C14H20N2O4/c1-10(17)16-5-4-15-9-12(18)11-2-3-13-14(8-11)20-7-6-19-13/h2-3,8,12,15,18H,4-7,9H2,1H3,(H,16,17). The molecule has 1 unspecified atom stereocenters. The van der Waals surface area contributed by atoms with E-state index >= 15 is 0 Å². The number of carbonyl (C=O) groups is 1. The molecule has 2 rings (SSSR count). The molecule has 1 aliphatic rings. The van der Waals surface area contributed by atoms with Crippen LogP contribution in [0.25, 0.3) is 0 Å². The number of aliphatic hydroxyl groups excluding tert-OH is 1. The van der Waals surface area contributed by atoms with Crippen molar-refractivity contribution in [1.82, 2.24) is 10.6 Å². The summed E-state index contributed by atoms with van der Waals surface area (Å²) in [5, 5.41) is 15.8. The quantitative estimate of drug-likeness (QED) is 0.650. The molecule has 1 aromatic rings. The zero-order valence-electron chi connectivity index (χ0n) is 11.5. The highest BCUT2D eigenvalue weighted by molar-refractivity contribution is 5.72. The fourth-order valence-corrected chi connectivity index (χ4v) is 1.95. The van der Waals surface area contributed by atoms with Gasteiger partial charge in [0.2, 0.25) is 5.91 Å². The van der Waals surface area contributed by atoms with Crippen LogP contribution in [-0.4, -0.2) is 43.9 Å². The Morgan fingerprint density at radius 2 is 2.05 bits per heavy atom. The van der Waals surface area contributed by atoms with Gasteiger partial charge in [0.05, 0.1) is 6.10 Å². The highest BCUT2D eigenvalue weighted by atomic mass is 16.6. The van der Waals surface area contributed by atoms with Crippen LogP contribution in [0.3, 0.4) is 0 Å². The topological polar surface area (TPSA) is 79.8 Å². The number of fused-ring (bicyclic) bond motifs is 1. The van der Waals surface area contributed by atoms with Crippen molar-refractivity contribution in [1.29, 1.82) is 0 Å². The Balaban J connectivity index is 1.80. The van der Waals surface area contributed by atoms with Crippen LogP contribution in [0.5, 0.6) is 11.5 Å². The molecule has 0 aliphatic carbocycles. The molecule has 0 spiro atoms. The van der Waals surface area contributed by atoms with Gasteiger partial charge in [-0.15, -0.1) is 0 Å². The van der Waals surface area contributed by atoms with Crippen molar-refractivity contribution in [2.75, 3.05) is 32.8 Å². The average Bonchev–Trinajstić information content (AvgIpc) is 2.46. The largest absolute Gasteiger partial charge is 0.486 e. The minimum Gasteiger partial charge on any atom is -0.486 e. The predicted octanol–water partition coefficient (Wildman–Crippen LogP) is 0.217. The number of rotatable bonds is 6. The van der Waals surface area contributed by atoms with E-state index in [2.05, 4.69) is 10.6 Å². The van der Waals surface area contributed by atoms with Crippen LogP contribution in [0.15, 0.2) is 18.2 Å². The Labute approximate surface area is 118 Å². The van der Waals surface area contributed by atoms with E-state index in [1.807, 2.05) is 12.1 Å². The second-order valence-electron chi connectivity index (χ2n) is 4.61. The highest BCUT2D eigenvalue weighted by Gasteiger charge is 2.15. The molecule has 0 bridgehead atoms. The Kier molecular flexibility index (Phi) is 5.20. The number of carbonyl (C=O) groups excluding carboxylic acids is 1. The van der Waals surface area contributed by atoms with Crippen molar-refractivity contribution in [2.45, 2.75) is 13.0 Å². The van der Waals surface area contributed by atoms with Gasteiger partial charge in [0.25, 0.3) is 0 Å². The lowest BCUT2D eigenvalue weighted by Gasteiger charge is -2.20. The van der Waals surface area contributed by atoms with Gasteiger partial charge in [0.1, 0.15) is 13.2 Å². The Morgan fingerprint density at radius 1 is 1.30 bits per heavy atom. The van der Waals surface area contributed by atoms with Gasteiger partial charge in [-0.2, -0.15) is 0 Å². The van der Waals surface area contributed by atoms with Crippen LogP contribution in [-0.2, 0) is 4.79 Å². The molecule has 1 aromatic carbocycles. The summed E-state index contributed by atoms with van der Waals surface area (Å²) in [5.41, 5.74) is 0.779. The molecule has 3 N–H and O–H groups in total. The second kappa shape index (κ2) is 7.12. The van der Waals surface area contributed by atoms with E-state index < -0.39 is 6.10 Å². The highest BCUT2D eigenvalue weighted by Crippen LogP contribution is 2.32. The third-order valence-corrected chi connectivity index (χ3v) is 2.96. The molecule has 1 amide bonds. The fourth-order valence-electron chi connectivity index (χ4n) is 1.95. The zero-order valence-corrected chi connectivity index (χ0v) is 11.5. The first-order valence-electron chi connectivity index (χ1n) is 6.69. The third kappa shape index (κ3) is 4.11. The fraction of sp³-hybridized carbons (Fsp3) is 0.500. The van der Waals surface area contributed by atoms with Gasteiger partial charge in [0, 0.05) is 26.6 Å². The lowest BCUT2D eigenvalue weighted by molar-refractivity contribution is -0.118. The van der Waals surface area contributed by atoms with Crippen LogP contribution in [0.4, 0.5) is 0 Å². The summed E-state index contributed by atoms with van der Waals surface area (Å²) in [7, 11) is 0. The van der Waals surface area contributed by atoms with Crippen molar-refractivity contribution < 1.29 is 19.4 Å². The maximum Gasteiger partial charge on any atom is 0.216 e. The lowest BCUT2D eigenvalue weighted by atomic mass is 10.1. The molecule has 6 nitrogen and oxygen atoms in total. The summed E-state index contributed by atoms with van der Waals surface area (Å²) in [6.07, 6.45) is -0.622. The van der Waals surface area contributed by atoms with Crippen LogP contribution >= 0.6 is 0 Å². The molecule has 0 aromatic heterocycles. The number of hydrogen-bond acceptors (Lipinski definition) is 5. The molecule has 1 aliphatic heterocycles. The van der Waals surface area contributed by atoms with Crippen LogP contribution in [0, 0.1) is 0 Å². The first kappa shape index (κ1) is 14.6. The predicted molar refractivity (Wildman–Crippen MR) is 73.9 cm³/mol. The van der Waals surface area contributed by atoms with Crippen LogP contribution in [0.1, 0.15) is 18.6 Å². The molecule has 0 saturated heterocycles. The van der Waals surface area contributed by atoms with Crippen molar-refractivity contribution >= 4 is 5.91 Å². The van der Waals surface area contributed by atoms with E-state index in [0.29, 0.717) is 44.3 Å². The normalized spacial score (nSPS) is 14.7. The van der Waals surface area contributed by atoms with Gasteiger partial charge in [-0.05, 0) is 17.7 Å². The third-order valence-electron chi connectivity index (χ3n) is 2.96. The molecule has 0 fully saturated rings. The van der Waals surface area contributed by atoms with Gasteiger partial charge in [-0.3, -0.25) is 4.79 Å². The number of aliphatic hydroxyl groups is 1. The van der Waals surface area contributed by atoms with Crippen LogP contribution in [0.2, 0.25) is 0 Å². The van der Waals surface area contributed by atoms with Crippen LogP contribution < -0.4 is 20.1 Å². The monoisotopic (exact) mass is 280 g/mol. The molecule has 110 valence electrons. The first-order chi connectivity index (χ1) is 9.66. The molecule has 0 radical (unpaired) electrons. The molecule has 0 saturated carbocycles. The minimum absolute atomic E-state index is 0.0563. The molecule has 6 heteroatoms. The summed E-state index contributed by atoms with van der Waals surface area (Å²) in [6, 6.07) is 5.44. The molecule has 1 heterocycles. The van der Waals surface area contributed by atoms with Crippen molar-refractivity contribution in [3.63, 3.8) is 0 Å². The molecular weight excluding hydrogens is 260 g/mol. The van der Waals surface area contributed by atoms with E-state index in [4.69, 9.17) is 9.47 Å². The summed E-state index contributed by atoms with van der Waals surface area (Å²) in [5.74, 6) is 1.33. The van der Waals surface area contributed by atoms with E-state index in [1.54, 1.807) is 6.07 Å². The van der Waals surface area contributed by atoms with Crippen molar-refractivity contribution in [3.8, 4) is 11.5 Å². The van der Waals surface area contributed by atoms with Gasteiger partial charge < -0.3 is 25.2 Å². The summed E-state index contributed by atoms with van der Waals surface area (Å²) in [6.45, 7) is 4.13. The zero-order chi connectivity index (χ0) is 14.4. The van der Waals surface area contributed by atoms with Crippen molar-refractivity contribution in [2.24, 2.45) is 0 Å². The number of benzene rings is 1. The number of amides is 1. The van der Waals surface area contributed by atoms with Gasteiger partial charge in [-0.1, -0.05) is 6.07 Å². The van der Waals surface area contributed by atoms with Gasteiger partial charge >= 0.3 is 0 Å². The van der Waals surface area contributed by atoms with E-state index in [0.717, 1.165) is 5.56 Å². The molecule has 20 heavy (non-hydrogen) atoms. The summed E-state index contributed by atoms with van der Waals surface area (Å²) < 4.78 is 10.9. The minimum atomic E-state index is -0.622. The van der Waals surface area contributed by atoms with E-state index in [1.165, 1.54) is 6.92 Å². The number of nitrogens with one attached hydrogen (secondary N) is 2. The van der Waals surface area contributed by atoms with Crippen molar-refractivity contribution in [3.05, 3.63) is 23.8 Å². The molecular formula is C14H20N2O4. The number of hydrogen-bond donors (Lipinski definition) is 3. The first-order valence-corrected chi connectivity index (χ1v) is 6.69. The van der Waals surface area contributed by atoms with E-state index in [9.17, 15) is 9.90 Å². The van der Waals surface area contributed by atoms with Gasteiger partial charge in [0.15, 0.2) is 11.5 Å². The summed E-state index contributed by atoms with van der Waals surface area (Å²) in [4.78, 5) is 10.7. The second-order valence-corrected chi connectivity index (χ2v) is 4.61. The smallest absolute Gasteiger partial charge is 0.216 e. The Hall–Kier alpha value is -1.79. The Morgan fingerprint density at radius 3 is 2.80 bits per heavy atom. The number of ether oxygens (including phenoxy) is 2. The molecule has 1 atom stereocenters. The Bertz CT molecular complexity index is 464. The average molecular weight is 280 g/mol.